The highest BCUT2D eigenvalue weighted by atomic mass is 79.9. The van der Waals surface area contributed by atoms with E-state index in [0.29, 0.717) is 13.0 Å². The zero-order valence-electron chi connectivity index (χ0n) is 9.82. The standard InChI is InChI=1S/C12H13BrF2N2O/c1-12(2-3-16-6-12)11(18)17-10-8(13)4-7(14)5-9(10)15/h4-5,16H,2-3,6H2,1H3,(H,17,18). The van der Waals surface area contributed by atoms with Gasteiger partial charge in [0.15, 0.2) is 5.82 Å². The van der Waals surface area contributed by atoms with Crippen molar-refractivity contribution in [2.45, 2.75) is 13.3 Å². The first-order valence-corrected chi connectivity index (χ1v) is 6.38. The summed E-state index contributed by atoms with van der Waals surface area (Å²) in [5, 5.41) is 5.61. The second kappa shape index (κ2) is 4.93. The Labute approximate surface area is 112 Å². The molecule has 1 heterocycles. The number of hydrogen-bond acceptors (Lipinski definition) is 2. The molecule has 1 aliphatic heterocycles. The second-order valence-electron chi connectivity index (χ2n) is 4.69. The molecular weight excluding hydrogens is 306 g/mol. The number of halogens is 3. The molecule has 98 valence electrons. The largest absolute Gasteiger partial charge is 0.322 e. The summed E-state index contributed by atoms with van der Waals surface area (Å²) in [4.78, 5) is 12.1. The molecule has 0 bridgehead atoms. The molecule has 1 aliphatic rings. The van der Waals surface area contributed by atoms with E-state index >= 15 is 0 Å². The molecule has 0 saturated carbocycles. The van der Waals surface area contributed by atoms with E-state index in [4.69, 9.17) is 0 Å². The van der Waals surface area contributed by atoms with Crippen LogP contribution in [0.5, 0.6) is 0 Å². The van der Waals surface area contributed by atoms with Crippen LogP contribution in [0.1, 0.15) is 13.3 Å². The fraction of sp³-hybridized carbons (Fsp3) is 0.417. The first-order valence-electron chi connectivity index (χ1n) is 5.59. The van der Waals surface area contributed by atoms with Crippen LogP contribution in [0.25, 0.3) is 0 Å². The average molecular weight is 319 g/mol. The van der Waals surface area contributed by atoms with Gasteiger partial charge in [-0.2, -0.15) is 0 Å². The van der Waals surface area contributed by atoms with Crippen molar-refractivity contribution >= 4 is 27.5 Å². The summed E-state index contributed by atoms with van der Waals surface area (Å²) < 4.78 is 26.7. The predicted molar refractivity (Wildman–Crippen MR) is 68.3 cm³/mol. The molecule has 1 atom stereocenters. The van der Waals surface area contributed by atoms with E-state index < -0.39 is 17.0 Å². The molecule has 3 nitrogen and oxygen atoms in total. The molecule has 0 spiro atoms. The molecule has 0 aromatic heterocycles. The lowest BCUT2D eigenvalue weighted by molar-refractivity contribution is -0.123. The number of carbonyl (C=O) groups is 1. The van der Waals surface area contributed by atoms with Crippen LogP contribution in [0.2, 0.25) is 0 Å². The molecule has 1 amide bonds. The van der Waals surface area contributed by atoms with Crippen molar-refractivity contribution in [1.29, 1.82) is 0 Å². The fourth-order valence-corrected chi connectivity index (χ4v) is 2.44. The van der Waals surface area contributed by atoms with Crippen LogP contribution in [0.3, 0.4) is 0 Å². The smallest absolute Gasteiger partial charge is 0.231 e. The lowest BCUT2D eigenvalue weighted by atomic mass is 9.89. The molecule has 1 saturated heterocycles. The van der Waals surface area contributed by atoms with Gasteiger partial charge >= 0.3 is 0 Å². The summed E-state index contributed by atoms with van der Waals surface area (Å²) in [5.74, 6) is -1.74. The topological polar surface area (TPSA) is 41.1 Å². The van der Waals surface area contributed by atoms with Gasteiger partial charge in [0.2, 0.25) is 5.91 Å². The van der Waals surface area contributed by atoms with Crippen LogP contribution in [0.15, 0.2) is 16.6 Å². The first-order chi connectivity index (χ1) is 8.42. The van der Waals surface area contributed by atoms with Crippen molar-refractivity contribution in [3.8, 4) is 0 Å². The van der Waals surface area contributed by atoms with Crippen LogP contribution in [0.4, 0.5) is 14.5 Å². The number of benzene rings is 1. The Balaban J connectivity index is 2.22. The molecule has 2 rings (SSSR count). The third kappa shape index (κ3) is 2.54. The van der Waals surface area contributed by atoms with Crippen molar-refractivity contribution in [2.75, 3.05) is 18.4 Å². The van der Waals surface area contributed by atoms with Gasteiger partial charge in [-0.15, -0.1) is 0 Å². The summed E-state index contributed by atoms with van der Waals surface area (Å²) >= 11 is 3.04. The van der Waals surface area contributed by atoms with E-state index in [2.05, 4.69) is 26.6 Å². The van der Waals surface area contributed by atoms with E-state index in [0.717, 1.165) is 18.7 Å². The van der Waals surface area contributed by atoms with Crippen molar-refractivity contribution in [3.05, 3.63) is 28.2 Å². The summed E-state index contributed by atoms with van der Waals surface area (Å²) in [7, 11) is 0. The van der Waals surface area contributed by atoms with Crippen LogP contribution in [-0.4, -0.2) is 19.0 Å². The molecule has 2 N–H and O–H groups in total. The van der Waals surface area contributed by atoms with Crippen LogP contribution in [0, 0.1) is 17.0 Å². The second-order valence-corrected chi connectivity index (χ2v) is 5.54. The van der Waals surface area contributed by atoms with Gasteiger partial charge < -0.3 is 10.6 Å². The lowest BCUT2D eigenvalue weighted by Gasteiger charge is -2.22. The lowest BCUT2D eigenvalue weighted by Crippen LogP contribution is -2.35. The number of amides is 1. The Bertz CT molecular complexity index is 464. The maximum absolute atomic E-state index is 13.6. The Hall–Kier alpha value is -1.01. The number of rotatable bonds is 2. The van der Waals surface area contributed by atoms with Gasteiger partial charge in [-0.1, -0.05) is 0 Å². The molecule has 1 aromatic carbocycles. The van der Waals surface area contributed by atoms with Gasteiger partial charge in [0.1, 0.15) is 5.82 Å². The van der Waals surface area contributed by atoms with Gasteiger partial charge in [-0.05, 0) is 41.9 Å². The number of carbonyl (C=O) groups excluding carboxylic acids is 1. The van der Waals surface area contributed by atoms with Crippen LogP contribution in [-0.2, 0) is 4.79 Å². The molecule has 0 aliphatic carbocycles. The highest BCUT2D eigenvalue weighted by Gasteiger charge is 2.36. The maximum atomic E-state index is 13.6. The third-order valence-electron chi connectivity index (χ3n) is 3.16. The fourth-order valence-electron chi connectivity index (χ4n) is 1.94. The van der Waals surface area contributed by atoms with Crippen molar-refractivity contribution < 1.29 is 13.6 Å². The highest BCUT2D eigenvalue weighted by Crippen LogP contribution is 2.31. The van der Waals surface area contributed by atoms with Gasteiger partial charge in [-0.25, -0.2) is 8.78 Å². The number of hydrogen-bond donors (Lipinski definition) is 2. The summed E-state index contributed by atoms with van der Waals surface area (Å²) in [5.41, 5.74) is -0.574. The number of nitrogens with one attached hydrogen (secondary N) is 2. The van der Waals surface area contributed by atoms with E-state index in [9.17, 15) is 13.6 Å². The minimum atomic E-state index is -0.787. The van der Waals surface area contributed by atoms with Gasteiger partial charge in [-0.3, -0.25) is 4.79 Å². The van der Waals surface area contributed by atoms with E-state index in [1.165, 1.54) is 0 Å². The number of anilines is 1. The van der Waals surface area contributed by atoms with E-state index in [1.807, 2.05) is 6.92 Å². The van der Waals surface area contributed by atoms with Crippen molar-refractivity contribution in [3.63, 3.8) is 0 Å². The van der Waals surface area contributed by atoms with Gasteiger partial charge in [0.25, 0.3) is 0 Å². The summed E-state index contributed by atoms with van der Waals surface area (Å²) in [6, 6.07) is 1.86. The van der Waals surface area contributed by atoms with Crippen molar-refractivity contribution in [1.82, 2.24) is 5.32 Å². The Morgan fingerprint density at radius 2 is 2.22 bits per heavy atom. The monoisotopic (exact) mass is 318 g/mol. The SMILES string of the molecule is CC1(C(=O)Nc2c(F)cc(F)cc2Br)CCNC1. The summed E-state index contributed by atoms with van der Waals surface area (Å²) in [6.07, 6.45) is 0.694. The highest BCUT2D eigenvalue weighted by molar-refractivity contribution is 9.10. The van der Waals surface area contributed by atoms with E-state index in [-0.39, 0.29) is 16.1 Å². The zero-order valence-corrected chi connectivity index (χ0v) is 11.4. The van der Waals surface area contributed by atoms with E-state index in [1.54, 1.807) is 0 Å². The van der Waals surface area contributed by atoms with Crippen molar-refractivity contribution in [2.24, 2.45) is 5.41 Å². The van der Waals surface area contributed by atoms with Crippen LogP contribution < -0.4 is 10.6 Å². The molecule has 1 fully saturated rings. The zero-order chi connectivity index (χ0) is 13.3. The Morgan fingerprint density at radius 1 is 1.50 bits per heavy atom. The quantitative estimate of drug-likeness (QED) is 0.880. The van der Waals surface area contributed by atoms with Crippen LogP contribution >= 0.6 is 15.9 Å². The van der Waals surface area contributed by atoms with Gasteiger partial charge in [0.05, 0.1) is 11.1 Å². The molecule has 1 unspecified atom stereocenters. The minimum Gasteiger partial charge on any atom is -0.322 e. The third-order valence-corrected chi connectivity index (χ3v) is 3.79. The molecule has 6 heteroatoms. The Kier molecular flexibility index (Phi) is 3.68. The average Bonchev–Trinajstić information content (AvgIpc) is 2.71. The molecule has 0 radical (unpaired) electrons. The van der Waals surface area contributed by atoms with Gasteiger partial charge in [0, 0.05) is 17.1 Å². The Morgan fingerprint density at radius 3 is 2.78 bits per heavy atom. The minimum absolute atomic E-state index is 0.0190. The molecule has 18 heavy (non-hydrogen) atoms. The molecular formula is C12H13BrF2N2O. The first kappa shape index (κ1) is 13.4. The predicted octanol–water partition coefficient (Wildman–Crippen LogP) is 2.67. The molecule has 1 aromatic rings. The summed E-state index contributed by atoms with van der Waals surface area (Å²) in [6.45, 7) is 3.13. The normalized spacial score (nSPS) is 23.1. The maximum Gasteiger partial charge on any atom is 0.231 e.